The molecule has 21 heavy (non-hydrogen) atoms. The van der Waals surface area contributed by atoms with Crippen LogP contribution in [0.5, 0.6) is 0 Å². The van der Waals surface area contributed by atoms with E-state index in [-0.39, 0.29) is 5.91 Å². The van der Waals surface area contributed by atoms with Gasteiger partial charge in [0.2, 0.25) is 0 Å². The van der Waals surface area contributed by atoms with E-state index in [0.717, 1.165) is 23.1 Å². The zero-order valence-electron chi connectivity index (χ0n) is 12.7. The number of hydrogen-bond acceptors (Lipinski definition) is 2. The number of amides is 1. The standard InChI is InChI=1S/C17H21N3O/c1-12-9-17(6-3-7-17)10-20(12)16(21)13-4-5-15-14(8-13)18-11-19(15)2/h4-5,8,11-12H,3,6-7,9-10H2,1-2H3. The van der Waals surface area contributed by atoms with Gasteiger partial charge in [-0.3, -0.25) is 4.79 Å². The third kappa shape index (κ3) is 1.88. The van der Waals surface area contributed by atoms with Gasteiger partial charge in [0.1, 0.15) is 0 Å². The summed E-state index contributed by atoms with van der Waals surface area (Å²) in [6.07, 6.45) is 6.88. The third-order valence-corrected chi connectivity index (χ3v) is 5.41. The second kappa shape index (κ2) is 4.33. The van der Waals surface area contributed by atoms with Crippen molar-refractivity contribution in [1.82, 2.24) is 14.5 Å². The van der Waals surface area contributed by atoms with Crippen molar-refractivity contribution in [2.75, 3.05) is 6.54 Å². The van der Waals surface area contributed by atoms with E-state index in [0.29, 0.717) is 11.5 Å². The Hall–Kier alpha value is -1.84. The van der Waals surface area contributed by atoms with Crippen LogP contribution in [0.15, 0.2) is 24.5 Å². The van der Waals surface area contributed by atoms with Gasteiger partial charge in [-0.15, -0.1) is 0 Å². The van der Waals surface area contributed by atoms with E-state index >= 15 is 0 Å². The van der Waals surface area contributed by atoms with E-state index in [9.17, 15) is 4.79 Å². The highest BCUT2D eigenvalue weighted by Gasteiger charge is 2.47. The van der Waals surface area contributed by atoms with E-state index in [4.69, 9.17) is 0 Å². The zero-order chi connectivity index (χ0) is 14.6. The van der Waals surface area contributed by atoms with Crippen molar-refractivity contribution in [1.29, 1.82) is 0 Å². The van der Waals surface area contributed by atoms with Crippen LogP contribution < -0.4 is 0 Å². The number of benzene rings is 1. The van der Waals surface area contributed by atoms with Crippen LogP contribution in [-0.2, 0) is 7.05 Å². The molecule has 1 aliphatic heterocycles. The summed E-state index contributed by atoms with van der Waals surface area (Å²) in [5.41, 5.74) is 3.17. The van der Waals surface area contributed by atoms with Crippen molar-refractivity contribution in [3.05, 3.63) is 30.1 Å². The molecule has 1 amide bonds. The van der Waals surface area contributed by atoms with Crippen LogP contribution in [0.25, 0.3) is 11.0 Å². The summed E-state index contributed by atoms with van der Waals surface area (Å²) in [6, 6.07) is 6.22. The highest BCUT2D eigenvalue weighted by atomic mass is 16.2. The molecule has 1 atom stereocenters. The number of nitrogens with zero attached hydrogens (tertiary/aromatic N) is 3. The fourth-order valence-corrected chi connectivity index (χ4v) is 4.06. The van der Waals surface area contributed by atoms with Gasteiger partial charge in [-0.05, 0) is 49.8 Å². The molecule has 4 nitrogen and oxygen atoms in total. The Balaban J connectivity index is 1.63. The van der Waals surface area contributed by atoms with E-state index in [2.05, 4.69) is 16.8 Å². The minimum Gasteiger partial charge on any atom is -0.335 e. The average molecular weight is 283 g/mol. The first-order valence-electron chi connectivity index (χ1n) is 7.80. The van der Waals surface area contributed by atoms with Crippen LogP contribution in [0.2, 0.25) is 0 Å². The summed E-state index contributed by atoms with van der Waals surface area (Å²) in [5.74, 6) is 0.166. The SMILES string of the molecule is CC1CC2(CCC2)CN1C(=O)c1ccc2c(c1)ncn2C. The Kier molecular flexibility index (Phi) is 2.65. The summed E-state index contributed by atoms with van der Waals surface area (Å²) >= 11 is 0. The average Bonchev–Trinajstić information content (AvgIpc) is 2.99. The van der Waals surface area contributed by atoms with Crippen LogP contribution >= 0.6 is 0 Å². The maximum atomic E-state index is 12.8. The van der Waals surface area contributed by atoms with Crippen LogP contribution in [-0.4, -0.2) is 32.9 Å². The molecule has 4 rings (SSSR count). The van der Waals surface area contributed by atoms with Gasteiger partial charge in [-0.25, -0.2) is 4.98 Å². The monoisotopic (exact) mass is 283 g/mol. The van der Waals surface area contributed by atoms with Crippen molar-refractivity contribution in [3.8, 4) is 0 Å². The predicted molar refractivity (Wildman–Crippen MR) is 82.1 cm³/mol. The largest absolute Gasteiger partial charge is 0.335 e. The number of hydrogen-bond donors (Lipinski definition) is 0. The third-order valence-electron chi connectivity index (χ3n) is 5.41. The lowest BCUT2D eigenvalue weighted by Crippen LogP contribution is -2.37. The number of carbonyl (C=O) groups excluding carboxylic acids is 1. The van der Waals surface area contributed by atoms with E-state index in [1.54, 1.807) is 6.33 Å². The molecule has 1 spiro atoms. The second-order valence-electron chi connectivity index (χ2n) is 6.90. The molecule has 4 heteroatoms. The van der Waals surface area contributed by atoms with Crippen LogP contribution in [0, 0.1) is 5.41 Å². The van der Waals surface area contributed by atoms with Crippen molar-refractivity contribution < 1.29 is 4.79 Å². The molecule has 0 radical (unpaired) electrons. The molecular formula is C17H21N3O. The number of rotatable bonds is 1. The fraction of sp³-hybridized carbons (Fsp3) is 0.529. The van der Waals surface area contributed by atoms with Gasteiger partial charge in [0, 0.05) is 25.2 Å². The minimum atomic E-state index is 0.166. The number of aryl methyl sites for hydroxylation is 1. The maximum Gasteiger partial charge on any atom is 0.254 e. The number of aromatic nitrogens is 2. The Morgan fingerprint density at radius 1 is 1.38 bits per heavy atom. The molecule has 1 saturated heterocycles. The first kappa shape index (κ1) is 12.9. The number of likely N-dealkylation sites (tertiary alicyclic amines) is 1. The molecule has 1 aromatic carbocycles. The molecule has 1 unspecified atom stereocenters. The molecule has 0 N–H and O–H groups in total. The quantitative estimate of drug-likeness (QED) is 0.807. The first-order chi connectivity index (χ1) is 10.1. The number of imidazole rings is 1. The summed E-state index contributed by atoms with van der Waals surface area (Å²) in [6.45, 7) is 3.12. The van der Waals surface area contributed by atoms with Crippen LogP contribution in [0.4, 0.5) is 0 Å². The Labute approximate surface area is 124 Å². The summed E-state index contributed by atoms with van der Waals surface area (Å²) in [5, 5.41) is 0. The Bertz CT molecular complexity index is 714. The smallest absolute Gasteiger partial charge is 0.254 e. The summed E-state index contributed by atoms with van der Waals surface area (Å²) in [4.78, 5) is 19.3. The highest BCUT2D eigenvalue weighted by molar-refractivity contribution is 5.97. The maximum absolute atomic E-state index is 12.8. The molecule has 1 aliphatic carbocycles. The Morgan fingerprint density at radius 2 is 2.19 bits per heavy atom. The molecule has 2 heterocycles. The van der Waals surface area contributed by atoms with Gasteiger partial charge < -0.3 is 9.47 Å². The van der Waals surface area contributed by atoms with Gasteiger partial charge >= 0.3 is 0 Å². The highest BCUT2D eigenvalue weighted by Crippen LogP contribution is 2.50. The van der Waals surface area contributed by atoms with Gasteiger partial charge in [0.05, 0.1) is 17.4 Å². The van der Waals surface area contributed by atoms with Gasteiger partial charge in [0.25, 0.3) is 5.91 Å². The Morgan fingerprint density at radius 3 is 2.86 bits per heavy atom. The summed E-state index contributed by atoms with van der Waals surface area (Å²) < 4.78 is 1.98. The van der Waals surface area contributed by atoms with Crippen molar-refractivity contribution in [2.45, 2.75) is 38.6 Å². The van der Waals surface area contributed by atoms with Gasteiger partial charge in [-0.2, -0.15) is 0 Å². The van der Waals surface area contributed by atoms with Crippen LogP contribution in [0.3, 0.4) is 0 Å². The lowest BCUT2D eigenvalue weighted by molar-refractivity contribution is 0.0701. The molecule has 2 aliphatic rings. The fourth-order valence-electron chi connectivity index (χ4n) is 4.06. The van der Waals surface area contributed by atoms with E-state index < -0.39 is 0 Å². The lowest BCUT2D eigenvalue weighted by Gasteiger charge is -2.37. The first-order valence-corrected chi connectivity index (χ1v) is 7.80. The molecule has 0 bridgehead atoms. The second-order valence-corrected chi connectivity index (χ2v) is 6.90. The van der Waals surface area contributed by atoms with Crippen molar-refractivity contribution >= 4 is 16.9 Å². The summed E-state index contributed by atoms with van der Waals surface area (Å²) in [7, 11) is 1.97. The number of carbonyl (C=O) groups is 1. The molecule has 2 aromatic rings. The zero-order valence-corrected chi connectivity index (χ0v) is 12.7. The molecule has 1 saturated carbocycles. The topological polar surface area (TPSA) is 38.1 Å². The normalized spacial score (nSPS) is 23.7. The predicted octanol–water partition coefficient (Wildman–Crippen LogP) is 2.98. The van der Waals surface area contributed by atoms with E-state index in [1.807, 2.05) is 29.8 Å². The van der Waals surface area contributed by atoms with Crippen molar-refractivity contribution in [2.24, 2.45) is 12.5 Å². The lowest BCUT2D eigenvalue weighted by atomic mass is 9.68. The van der Waals surface area contributed by atoms with Gasteiger partial charge in [0.15, 0.2) is 0 Å². The molecule has 110 valence electrons. The molecule has 2 fully saturated rings. The van der Waals surface area contributed by atoms with E-state index in [1.165, 1.54) is 25.7 Å². The number of fused-ring (bicyclic) bond motifs is 1. The molecular weight excluding hydrogens is 262 g/mol. The molecule has 1 aromatic heterocycles. The van der Waals surface area contributed by atoms with Crippen LogP contribution in [0.1, 0.15) is 43.0 Å². The van der Waals surface area contributed by atoms with Crippen molar-refractivity contribution in [3.63, 3.8) is 0 Å². The van der Waals surface area contributed by atoms with Gasteiger partial charge in [-0.1, -0.05) is 6.42 Å². The minimum absolute atomic E-state index is 0.166.